The van der Waals surface area contributed by atoms with E-state index in [0.717, 1.165) is 26.6 Å². The zero-order valence-electron chi connectivity index (χ0n) is 32.7. The van der Waals surface area contributed by atoms with Gasteiger partial charge in [-0.15, -0.1) is 11.3 Å². The second-order valence-corrected chi connectivity index (χ2v) is 11.2. The summed E-state index contributed by atoms with van der Waals surface area (Å²) < 4.78 is 92.2. The molecule has 0 spiro atoms. The highest BCUT2D eigenvalue weighted by Crippen LogP contribution is 2.41. The first-order chi connectivity index (χ1) is 25.9. The average molecular weight is 592 g/mol. The molecule has 0 bridgehead atoms. The molecule has 6 aromatic carbocycles. The molecule has 5 heteroatoms. The van der Waals surface area contributed by atoms with Crippen molar-refractivity contribution in [3.8, 4) is 45.3 Å². The molecule has 4 nitrogen and oxygen atoms in total. The van der Waals surface area contributed by atoms with Crippen LogP contribution in [0.3, 0.4) is 0 Å². The third kappa shape index (κ3) is 4.09. The van der Waals surface area contributed by atoms with E-state index in [4.69, 9.17) is 18.1 Å². The summed E-state index contributed by atoms with van der Waals surface area (Å²) in [5.41, 5.74) is 3.06. The Balaban J connectivity index is 1.27. The number of fused-ring (bicyclic) bond motifs is 6. The van der Waals surface area contributed by atoms with Crippen LogP contribution in [-0.4, -0.2) is 15.0 Å². The van der Waals surface area contributed by atoms with Crippen LogP contribution in [0.4, 0.5) is 0 Å². The molecule has 44 heavy (non-hydrogen) atoms. The number of rotatable bonds is 4. The Kier molecular flexibility index (Phi) is 3.82. The molecule has 0 amide bonds. The SMILES string of the molecule is [2H]c1c([2H])c([2H])c(-c2nc(-c3ccc4oc5ccc(-c6cccc7c6sc6ccccc67)cc5c4c3)nc(-c3c([2H])c([2H])c([2H])c([2H])c3[2H])n2)c([2H])c1[2H]. The molecule has 206 valence electrons. The number of hydrogen-bond acceptors (Lipinski definition) is 5. The molecular weight excluding hydrogens is 559 g/mol. The number of nitrogens with zero attached hydrogens (tertiary/aromatic N) is 3. The van der Waals surface area contributed by atoms with Gasteiger partial charge in [0.05, 0.1) is 13.7 Å². The van der Waals surface area contributed by atoms with Gasteiger partial charge in [-0.1, -0.05) is 103 Å². The third-order valence-corrected chi connectivity index (χ3v) is 8.75. The summed E-state index contributed by atoms with van der Waals surface area (Å²) in [5.74, 6) is -0.666. The highest BCUT2D eigenvalue weighted by Gasteiger charge is 2.16. The second kappa shape index (κ2) is 9.97. The minimum atomic E-state index is -0.606. The van der Waals surface area contributed by atoms with E-state index >= 15 is 0 Å². The van der Waals surface area contributed by atoms with E-state index in [1.807, 2.05) is 30.3 Å². The molecule has 0 radical (unpaired) electrons. The second-order valence-electron chi connectivity index (χ2n) is 10.1. The first-order valence-electron chi connectivity index (χ1n) is 18.7. The molecule has 3 heterocycles. The van der Waals surface area contributed by atoms with E-state index < -0.39 is 60.4 Å². The largest absolute Gasteiger partial charge is 0.456 e. The normalized spacial score (nSPS) is 14.8. The summed E-state index contributed by atoms with van der Waals surface area (Å²) in [6.07, 6.45) is 0. The summed E-state index contributed by atoms with van der Waals surface area (Å²) in [5, 5.41) is 3.91. The lowest BCUT2D eigenvalue weighted by Gasteiger charge is -2.08. The molecular formula is C39H23N3OS. The van der Waals surface area contributed by atoms with E-state index in [0.29, 0.717) is 16.7 Å². The lowest BCUT2D eigenvalue weighted by molar-refractivity contribution is 0.669. The van der Waals surface area contributed by atoms with Gasteiger partial charge < -0.3 is 4.42 Å². The summed E-state index contributed by atoms with van der Waals surface area (Å²) in [4.78, 5) is 13.5. The Bertz CT molecular complexity index is 2940. The quantitative estimate of drug-likeness (QED) is 0.204. The van der Waals surface area contributed by atoms with Crippen molar-refractivity contribution in [2.45, 2.75) is 0 Å². The predicted molar refractivity (Wildman–Crippen MR) is 182 cm³/mol. The van der Waals surface area contributed by atoms with Gasteiger partial charge in [0, 0.05) is 47.6 Å². The lowest BCUT2D eigenvalue weighted by atomic mass is 10.00. The maximum Gasteiger partial charge on any atom is 0.164 e. The van der Waals surface area contributed by atoms with Crippen molar-refractivity contribution in [1.29, 1.82) is 0 Å². The summed E-state index contributed by atoms with van der Waals surface area (Å²) in [6.45, 7) is 0. The molecule has 9 rings (SSSR count). The van der Waals surface area contributed by atoms with Crippen LogP contribution in [0.1, 0.15) is 13.7 Å². The Morgan fingerprint density at radius 3 is 1.75 bits per heavy atom. The zero-order chi connectivity index (χ0) is 37.7. The van der Waals surface area contributed by atoms with Gasteiger partial charge in [0.15, 0.2) is 17.5 Å². The Hall–Kier alpha value is -5.65. The van der Waals surface area contributed by atoms with E-state index in [1.165, 1.54) is 15.5 Å². The van der Waals surface area contributed by atoms with Crippen LogP contribution in [0.15, 0.2) is 144 Å². The van der Waals surface area contributed by atoms with Crippen LogP contribution in [0, 0.1) is 0 Å². The average Bonchev–Trinajstić information content (AvgIpc) is 3.75. The van der Waals surface area contributed by atoms with Crippen molar-refractivity contribution in [1.82, 2.24) is 15.0 Å². The van der Waals surface area contributed by atoms with Crippen molar-refractivity contribution >= 4 is 53.4 Å². The van der Waals surface area contributed by atoms with Gasteiger partial charge in [0.25, 0.3) is 0 Å². The van der Waals surface area contributed by atoms with Crippen molar-refractivity contribution in [3.63, 3.8) is 0 Å². The topological polar surface area (TPSA) is 51.8 Å². The fourth-order valence-electron chi connectivity index (χ4n) is 5.51. The maximum atomic E-state index is 8.61. The number of furan rings is 1. The monoisotopic (exact) mass is 591 g/mol. The molecule has 0 atom stereocenters. The smallest absolute Gasteiger partial charge is 0.164 e. The van der Waals surface area contributed by atoms with E-state index in [2.05, 4.69) is 45.3 Å². The summed E-state index contributed by atoms with van der Waals surface area (Å²) >= 11 is 1.73. The van der Waals surface area contributed by atoms with Crippen LogP contribution >= 0.6 is 11.3 Å². The molecule has 0 saturated carbocycles. The van der Waals surface area contributed by atoms with Gasteiger partial charge in [0.2, 0.25) is 0 Å². The molecule has 0 aliphatic carbocycles. The molecule has 3 aromatic heterocycles. The van der Waals surface area contributed by atoms with Crippen LogP contribution < -0.4 is 0 Å². The van der Waals surface area contributed by atoms with Gasteiger partial charge in [-0.25, -0.2) is 15.0 Å². The van der Waals surface area contributed by atoms with Gasteiger partial charge in [0.1, 0.15) is 11.2 Å². The molecule has 0 saturated heterocycles. The Morgan fingerprint density at radius 2 is 1.07 bits per heavy atom. The summed E-state index contributed by atoms with van der Waals surface area (Å²) in [6, 6.07) is 19.9. The number of thiophene rings is 1. The Labute approximate surface area is 271 Å². The van der Waals surface area contributed by atoms with E-state index in [-0.39, 0.29) is 28.6 Å². The van der Waals surface area contributed by atoms with Crippen molar-refractivity contribution in [2.24, 2.45) is 0 Å². The molecule has 0 aliphatic heterocycles. The van der Waals surface area contributed by atoms with Crippen molar-refractivity contribution in [3.05, 3.63) is 139 Å². The van der Waals surface area contributed by atoms with Crippen LogP contribution in [0.25, 0.3) is 87.4 Å². The first kappa shape index (κ1) is 16.8. The fraction of sp³-hybridized carbons (Fsp3) is 0. The van der Waals surface area contributed by atoms with Crippen molar-refractivity contribution in [2.75, 3.05) is 0 Å². The lowest BCUT2D eigenvalue weighted by Crippen LogP contribution is -2.00. The molecule has 0 unspecified atom stereocenters. The van der Waals surface area contributed by atoms with Gasteiger partial charge in [-0.3, -0.25) is 0 Å². The fourth-order valence-corrected chi connectivity index (χ4v) is 6.75. The zero-order valence-corrected chi connectivity index (χ0v) is 23.5. The minimum Gasteiger partial charge on any atom is -0.456 e. The van der Waals surface area contributed by atoms with Gasteiger partial charge in [-0.05, 0) is 47.5 Å². The van der Waals surface area contributed by atoms with Crippen LogP contribution in [0.2, 0.25) is 0 Å². The molecule has 0 fully saturated rings. The maximum absolute atomic E-state index is 8.61. The molecule has 0 N–H and O–H groups in total. The standard InChI is InChI=1S/C39H23N3OS/c1-3-10-24(11-4-1)37-40-38(25-12-5-2-6-13-25)42-39(41-37)27-19-21-34-32(23-27)31-22-26(18-20-33(31)43-34)28-15-9-16-30-29-14-7-8-17-35(29)44-36(28)30/h1-23H/i1D,2D,3D,4D,5D,6D,10D,11D,12D,13D. The highest BCUT2D eigenvalue weighted by atomic mass is 32.1. The third-order valence-electron chi connectivity index (χ3n) is 7.53. The number of benzene rings is 6. The van der Waals surface area contributed by atoms with Crippen LogP contribution in [0.5, 0.6) is 0 Å². The predicted octanol–water partition coefficient (Wildman–Crippen LogP) is 10.8. The van der Waals surface area contributed by atoms with Gasteiger partial charge >= 0.3 is 0 Å². The first-order valence-corrected chi connectivity index (χ1v) is 14.5. The van der Waals surface area contributed by atoms with Crippen molar-refractivity contribution < 1.29 is 18.1 Å². The molecule has 9 aromatic rings. The Morgan fingerprint density at radius 1 is 0.500 bits per heavy atom. The number of hydrogen-bond donors (Lipinski definition) is 0. The number of aromatic nitrogens is 3. The van der Waals surface area contributed by atoms with E-state index in [1.54, 1.807) is 29.5 Å². The minimum absolute atomic E-state index is 0.0175. The summed E-state index contributed by atoms with van der Waals surface area (Å²) in [7, 11) is 0. The molecule has 0 aliphatic rings. The van der Waals surface area contributed by atoms with Crippen LogP contribution in [-0.2, 0) is 0 Å². The highest BCUT2D eigenvalue weighted by molar-refractivity contribution is 7.26. The van der Waals surface area contributed by atoms with E-state index in [9.17, 15) is 0 Å². The van der Waals surface area contributed by atoms with Gasteiger partial charge in [-0.2, -0.15) is 0 Å².